The minimum atomic E-state index is 0.127. The highest BCUT2D eigenvalue weighted by Gasteiger charge is 2.15. The van der Waals surface area contributed by atoms with Crippen molar-refractivity contribution in [1.29, 1.82) is 0 Å². The van der Waals surface area contributed by atoms with Crippen molar-refractivity contribution in [3.63, 3.8) is 0 Å². The van der Waals surface area contributed by atoms with Crippen LogP contribution < -0.4 is 5.32 Å². The molecule has 0 aromatic carbocycles. The summed E-state index contributed by atoms with van der Waals surface area (Å²) in [5.41, 5.74) is 1.09. The first-order chi connectivity index (χ1) is 6.11. The van der Waals surface area contributed by atoms with Crippen molar-refractivity contribution in [3.8, 4) is 0 Å². The Hall–Kier alpha value is -0.790. The lowest BCUT2D eigenvalue weighted by atomic mass is 9.94. The molecule has 0 heterocycles. The number of carbonyl (C=O) groups is 1. The lowest BCUT2D eigenvalue weighted by Crippen LogP contribution is -2.27. The number of amides is 1. The fourth-order valence-corrected chi connectivity index (χ4v) is 1.40. The molecule has 0 radical (unpaired) electrons. The number of rotatable bonds is 6. The van der Waals surface area contributed by atoms with E-state index in [1.165, 1.54) is 0 Å². The first-order valence-corrected chi connectivity index (χ1v) is 4.97. The molecule has 0 bridgehead atoms. The topological polar surface area (TPSA) is 29.1 Å². The summed E-state index contributed by atoms with van der Waals surface area (Å²) in [5, 5.41) is 2.70. The number of carbonyl (C=O) groups excluding carboxylic acids is 1. The molecule has 2 nitrogen and oxygen atoms in total. The Labute approximate surface area is 81.4 Å². The molecule has 0 aliphatic rings. The minimum Gasteiger partial charge on any atom is -0.359 e. The van der Waals surface area contributed by atoms with E-state index in [2.05, 4.69) is 18.8 Å². The Balaban J connectivity index is 4.02. The largest absolute Gasteiger partial charge is 0.359 e. The van der Waals surface area contributed by atoms with Crippen molar-refractivity contribution in [2.24, 2.45) is 5.92 Å². The van der Waals surface area contributed by atoms with E-state index in [1.807, 2.05) is 6.92 Å². The summed E-state index contributed by atoms with van der Waals surface area (Å²) in [6.07, 6.45) is 4.05. The zero-order chi connectivity index (χ0) is 10.3. The zero-order valence-electron chi connectivity index (χ0n) is 9.02. The van der Waals surface area contributed by atoms with Crippen LogP contribution in [-0.4, -0.2) is 13.0 Å². The van der Waals surface area contributed by atoms with Gasteiger partial charge in [0.25, 0.3) is 0 Å². The van der Waals surface area contributed by atoms with Gasteiger partial charge in [0, 0.05) is 13.0 Å². The summed E-state index contributed by atoms with van der Waals surface area (Å²) >= 11 is 0. The Kier molecular flexibility index (Phi) is 6.29. The maximum atomic E-state index is 11.4. The molecule has 1 amide bonds. The quantitative estimate of drug-likeness (QED) is 0.630. The predicted octanol–water partition coefficient (Wildman–Crippen LogP) is 2.50. The fraction of sp³-hybridized carbons (Fsp3) is 0.727. The lowest BCUT2D eigenvalue weighted by Gasteiger charge is -2.14. The molecule has 0 aliphatic carbocycles. The summed E-state index contributed by atoms with van der Waals surface area (Å²) in [7, 11) is 1.69. The van der Waals surface area contributed by atoms with E-state index in [-0.39, 0.29) is 11.8 Å². The molecule has 0 aromatic rings. The van der Waals surface area contributed by atoms with E-state index in [1.54, 1.807) is 7.05 Å². The van der Waals surface area contributed by atoms with Gasteiger partial charge >= 0.3 is 0 Å². The number of allylic oxidation sites excluding steroid dienone is 1. The zero-order valence-corrected chi connectivity index (χ0v) is 9.02. The maximum absolute atomic E-state index is 11.4. The van der Waals surface area contributed by atoms with Gasteiger partial charge in [-0.25, -0.2) is 0 Å². The highest BCUT2D eigenvalue weighted by Crippen LogP contribution is 2.16. The van der Waals surface area contributed by atoms with Gasteiger partial charge < -0.3 is 5.32 Å². The van der Waals surface area contributed by atoms with Gasteiger partial charge in [-0.2, -0.15) is 0 Å². The highest BCUT2D eigenvalue weighted by atomic mass is 16.1. The molecule has 0 fully saturated rings. The summed E-state index contributed by atoms with van der Waals surface area (Å²) in [6.45, 7) is 7.95. The second kappa shape index (κ2) is 6.70. The molecular weight excluding hydrogens is 162 g/mol. The lowest BCUT2D eigenvalue weighted by molar-refractivity contribution is -0.124. The monoisotopic (exact) mass is 183 g/mol. The average Bonchev–Trinajstić information content (AvgIpc) is 2.10. The van der Waals surface area contributed by atoms with Gasteiger partial charge in [0.15, 0.2) is 0 Å². The van der Waals surface area contributed by atoms with E-state index >= 15 is 0 Å². The molecule has 76 valence electrons. The van der Waals surface area contributed by atoms with Gasteiger partial charge in [0.1, 0.15) is 0 Å². The van der Waals surface area contributed by atoms with Crippen molar-refractivity contribution in [3.05, 3.63) is 12.2 Å². The molecule has 1 N–H and O–H groups in total. The predicted molar refractivity (Wildman–Crippen MR) is 56.5 cm³/mol. The third kappa shape index (κ3) is 5.45. The second-order valence-corrected chi connectivity index (χ2v) is 3.61. The Morgan fingerprint density at radius 1 is 1.54 bits per heavy atom. The molecule has 1 unspecified atom stereocenters. The van der Waals surface area contributed by atoms with E-state index in [4.69, 9.17) is 0 Å². The van der Waals surface area contributed by atoms with Gasteiger partial charge in [-0.05, 0) is 19.8 Å². The van der Waals surface area contributed by atoms with Crippen LogP contribution in [-0.2, 0) is 4.79 Å². The first kappa shape index (κ1) is 12.2. The van der Waals surface area contributed by atoms with E-state index in [0.717, 1.165) is 31.3 Å². The number of hydrogen-bond acceptors (Lipinski definition) is 1. The molecule has 2 heteroatoms. The first-order valence-electron chi connectivity index (χ1n) is 4.97. The second-order valence-electron chi connectivity index (χ2n) is 3.61. The van der Waals surface area contributed by atoms with Crippen molar-refractivity contribution < 1.29 is 4.79 Å². The van der Waals surface area contributed by atoms with Crippen LogP contribution in [0, 0.1) is 5.92 Å². The van der Waals surface area contributed by atoms with Gasteiger partial charge in [-0.1, -0.05) is 25.3 Å². The van der Waals surface area contributed by atoms with Crippen molar-refractivity contribution >= 4 is 5.91 Å². The van der Waals surface area contributed by atoms with E-state index < -0.39 is 0 Å². The van der Waals surface area contributed by atoms with Crippen molar-refractivity contribution in [1.82, 2.24) is 5.32 Å². The Morgan fingerprint density at radius 3 is 2.54 bits per heavy atom. The normalized spacial score (nSPS) is 12.2. The molecule has 13 heavy (non-hydrogen) atoms. The van der Waals surface area contributed by atoms with Gasteiger partial charge in [0.2, 0.25) is 5.91 Å². The summed E-state index contributed by atoms with van der Waals surface area (Å²) in [5.74, 6) is 0.277. The SMILES string of the molecule is C=C(C)CC(CCCC)C(=O)NC. The third-order valence-corrected chi connectivity index (χ3v) is 2.12. The summed E-state index contributed by atoms with van der Waals surface area (Å²) in [4.78, 5) is 11.4. The molecule has 1 atom stereocenters. The van der Waals surface area contributed by atoms with Gasteiger partial charge in [0.05, 0.1) is 0 Å². The van der Waals surface area contributed by atoms with Crippen LogP contribution in [0.4, 0.5) is 0 Å². The molecule has 0 saturated carbocycles. The van der Waals surface area contributed by atoms with Crippen LogP contribution in [0.2, 0.25) is 0 Å². The summed E-state index contributed by atoms with van der Waals surface area (Å²) in [6, 6.07) is 0. The van der Waals surface area contributed by atoms with Crippen molar-refractivity contribution in [2.45, 2.75) is 39.5 Å². The molecule has 0 saturated heterocycles. The molecule has 0 rings (SSSR count). The van der Waals surface area contributed by atoms with Crippen LogP contribution in [0.5, 0.6) is 0 Å². The summed E-state index contributed by atoms with van der Waals surface area (Å²) < 4.78 is 0. The molecule has 0 spiro atoms. The van der Waals surface area contributed by atoms with E-state index in [0.29, 0.717) is 0 Å². The van der Waals surface area contributed by atoms with Gasteiger partial charge in [-0.15, -0.1) is 6.58 Å². The fourth-order valence-electron chi connectivity index (χ4n) is 1.40. The maximum Gasteiger partial charge on any atom is 0.223 e. The molecular formula is C11H21NO. The Bertz CT molecular complexity index is 175. The standard InChI is InChI=1S/C11H21NO/c1-5-6-7-10(8-9(2)3)11(13)12-4/h10H,2,5-8H2,1,3-4H3,(H,12,13). The number of unbranched alkanes of at least 4 members (excludes halogenated alkanes) is 1. The van der Waals surface area contributed by atoms with Crippen LogP contribution in [0.15, 0.2) is 12.2 Å². The average molecular weight is 183 g/mol. The smallest absolute Gasteiger partial charge is 0.223 e. The molecule has 0 aliphatic heterocycles. The van der Waals surface area contributed by atoms with Gasteiger partial charge in [-0.3, -0.25) is 4.79 Å². The molecule has 0 aromatic heterocycles. The number of nitrogens with one attached hydrogen (secondary N) is 1. The Morgan fingerprint density at radius 2 is 2.15 bits per heavy atom. The van der Waals surface area contributed by atoms with Crippen LogP contribution in [0.3, 0.4) is 0 Å². The minimum absolute atomic E-state index is 0.127. The van der Waals surface area contributed by atoms with Crippen LogP contribution in [0.1, 0.15) is 39.5 Å². The number of hydrogen-bond donors (Lipinski definition) is 1. The van der Waals surface area contributed by atoms with Crippen molar-refractivity contribution in [2.75, 3.05) is 7.05 Å². The third-order valence-electron chi connectivity index (χ3n) is 2.12. The van der Waals surface area contributed by atoms with Crippen LogP contribution in [0.25, 0.3) is 0 Å². The highest BCUT2D eigenvalue weighted by molar-refractivity contribution is 5.78. The van der Waals surface area contributed by atoms with E-state index in [9.17, 15) is 4.79 Å². The van der Waals surface area contributed by atoms with Crippen LogP contribution >= 0.6 is 0 Å².